The zero-order chi connectivity index (χ0) is 19.9. The Bertz CT molecular complexity index is 637. The molecule has 1 aliphatic rings. The Balaban J connectivity index is 2.08. The molecule has 0 aliphatic carbocycles. The van der Waals surface area contributed by atoms with Crippen LogP contribution < -0.4 is 10.6 Å². The summed E-state index contributed by atoms with van der Waals surface area (Å²) in [5.74, 6) is -0.0840. The second-order valence-electron chi connectivity index (χ2n) is 8.85. The minimum Gasteiger partial charge on any atom is -0.374 e. The van der Waals surface area contributed by atoms with E-state index in [1.165, 1.54) is 0 Å². The molecule has 1 heterocycles. The van der Waals surface area contributed by atoms with E-state index in [1.807, 2.05) is 30.3 Å². The fraction of sp³-hybridized carbons (Fsp3) is 0.636. The average Bonchev–Trinajstić information content (AvgIpc) is 2.63. The number of carbonyl (C=O) groups excluding carboxylic acids is 1. The van der Waals surface area contributed by atoms with Crippen LogP contribution in [0.3, 0.4) is 0 Å². The number of benzene rings is 1. The highest BCUT2D eigenvalue weighted by atomic mass is 16.2. The number of carbonyl (C=O) groups is 1. The van der Waals surface area contributed by atoms with Crippen LogP contribution in [0, 0.1) is 16.7 Å². The zero-order valence-corrected chi connectivity index (χ0v) is 17.2. The molecule has 0 spiro atoms. The standard InChI is InChI=1S/C22H34N4O/c1-5-13-26-14-11-22(17-23,12-15-26)25-20(27)19(16-21(2,3)4)24-18-9-7-6-8-10-18/h6-10,19,24H,5,11-16H2,1-4H3,(H,25,27). The number of para-hydroxylation sites is 1. The van der Waals surface area contributed by atoms with Gasteiger partial charge in [0.25, 0.3) is 0 Å². The molecular weight excluding hydrogens is 336 g/mol. The van der Waals surface area contributed by atoms with Crippen LogP contribution in [0.2, 0.25) is 0 Å². The average molecular weight is 371 g/mol. The molecule has 0 saturated carbocycles. The van der Waals surface area contributed by atoms with Crippen LogP contribution in [0.15, 0.2) is 30.3 Å². The summed E-state index contributed by atoms with van der Waals surface area (Å²) >= 11 is 0. The minimum atomic E-state index is -0.754. The van der Waals surface area contributed by atoms with Crippen molar-refractivity contribution in [3.8, 4) is 6.07 Å². The molecule has 1 aliphatic heterocycles. The molecule has 27 heavy (non-hydrogen) atoms. The van der Waals surface area contributed by atoms with Crippen molar-refractivity contribution >= 4 is 11.6 Å². The van der Waals surface area contributed by atoms with Crippen LogP contribution in [-0.4, -0.2) is 42.0 Å². The Morgan fingerprint density at radius 1 is 1.26 bits per heavy atom. The van der Waals surface area contributed by atoms with E-state index in [1.54, 1.807) is 0 Å². The Hall–Kier alpha value is -2.06. The van der Waals surface area contributed by atoms with Crippen LogP contribution in [-0.2, 0) is 4.79 Å². The number of anilines is 1. The Kier molecular flexibility index (Phi) is 7.26. The molecule has 5 nitrogen and oxygen atoms in total. The number of nitriles is 1. The van der Waals surface area contributed by atoms with Gasteiger partial charge in [0.2, 0.25) is 5.91 Å². The van der Waals surface area contributed by atoms with Crippen molar-refractivity contribution in [2.45, 2.75) is 65.0 Å². The number of nitrogens with zero attached hydrogens (tertiary/aromatic N) is 2. The van der Waals surface area contributed by atoms with Crippen LogP contribution in [0.25, 0.3) is 0 Å². The van der Waals surface area contributed by atoms with Gasteiger partial charge in [0.05, 0.1) is 6.07 Å². The van der Waals surface area contributed by atoms with Gasteiger partial charge in [-0.05, 0) is 49.8 Å². The first-order chi connectivity index (χ1) is 12.8. The lowest BCUT2D eigenvalue weighted by Crippen LogP contribution is -2.57. The predicted molar refractivity (Wildman–Crippen MR) is 110 cm³/mol. The molecule has 0 aromatic heterocycles. The van der Waals surface area contributed by atoms with Crippen molar-refractivity contribution in [3.05, 3.63) is 30.3 Å². The van der Waals surface area contributed by atoms with E-state index >= 15 is 0 Å². The van der Waals surface area contributed by atoms with Gasteiger partial charge in [-0.2, -0.15) is 5.26 Å². The molecule has 1 atom stereocenters. The predicted octanol–water partition coefficient (Wildman–Crippen LogP) is 3.79. The minimum absolute atomic E-state index is 0.00587. The second kappa shape index (κ2) is 9.23. The van der Waals surface area contributed by atoms with Crippen molar-refractivity contribution < 1.29 is 4.79 Å². The van der Waals surface area contributed by atoms with Gasteiger partial charge in [-0.1, -0.05) is 45.9 Å². The number of rotatable bonds is 7. The smallest absolute Gasteiger partial charge is 0.243 e. The molecule has 1 aromatic rings. The van der Waals surface area contributed by atoms with Crippen molar-refractivity contribution in [3.63, 3.8) is 0 Å². The van der Waals surface area contributed by atoms with Gasteiger partial charge in [-0.25, -0.2) is 0 Å². The molecule has 1 fully saturated rings. The number of hydrogen-bond donors (Lipinski definition) is 2. The summed E-state index contributed by atoms with van der Waals surface area (Å²) < 4.78 is 0. The highest BCUT2D eigenvalue weighted by Gasteiger charge is 2.38. The van der Waals surface area contributed by atoms with Gasteiger partial charge in [0.15, 0.2) is 0 Å². The van der Waals surface area contributed by atoms with Gasteiger partial charge in [-0.3, -0.25) is 4.79 Å². The molecule has 2 rings (SSSR count). The molecule has 148 valence electrons. The molecule has 0 radical (unpaired) electrons. The summed E-state index contributed by atoms with van der Waals surface area (Å²) in [7, 11) is 0. The van der Waals surface area contributed by atoms with Crippen molar-refractivity contribution in [2.24, 2.45) is 5.41 Å². The third-order valence-electron chi connectivity index (χ3n) is 5.07. The van der Waals surface area contributed by atoms with Gasteiger partial charge in [-0.15, -0.1) is 0 Å². The van der Waals surface area contributed by atoms with E-state index in [0.717, 1.165) is 31.7 Å². The molecule has 1 saturated heterocycles. The summed E-state index contributed by atoms with van der Waals surface area (Å²) in [5.41, 5.74) is 0.162. The number of piperidine rings is 1. The van der Waals surface area contributed by atoms with Crippen LogP contribution in [0.4, 0.5) is 5.69 Å². The van der Waals surface area contributed by atoms with Gasteiger partial charge in [0.1, 0.15) is 11.6 Å². The van der Waals surface area contributed by atoms with E-state index in [2.05, 4.69) is 49.3 Å². The van der Waals surface area contributed by atoms with Crippen molar-refractivity contribution in [2.75, 3.05) is 25.0 Å². The topological polar surface area (TPSA) is 68.2 Å². The Morgan fingerprint density at radius 2 is 1.89 bits per heavy atom. The lowest BCUT2D eigenvalue weighted by Gasteiger charge is -2.39. The first-order valence-electron chi connectivity index (χ1n) is 10.0. The van der Waals surface area contributed by atoms with E-state index < -0.39 is 5.54 Å². The van der Waals surface area contributed by atoms with E-state index in [9.17, 15) is 10.1 Å². The normalized spacial score (nSPS) is 18.3. The van der Waals surface area contributed by atoms with Crippen molar-refractivity contribution in [1.29, 1.82) is 5.26 Å². The number of amides is 1. The molecule has 1 aromatic carbocycles. The second-order valence-corrected chi connectivity index (χ2v) is 8.85. The maximum atomic E-state index is 13.1. The van der Waals surface area contributed by atoms with Crippen LogP contribution in [0.1, 0.15) is 53.4 Å². The molecule has 5 heteroatoms. The molecular formula is C22H34N4O. The zero-order valence-electron chi connectivity index (χ0n) is 17.2. The number of hydrogen-bond acceptors (Lipinski definition) is 4. The summed E-state index contributed by atoms with van der Waals surface area (Å²) in [6, 6.07) is 11.8. The van der Waals surface area contributed by atoms with E-state index in [4.69, 9.17) is 0 Å². The molecule has 2 N–H and O–H groups in total. The quantitative estimate of drug-likeness (QED) is 0.766. The molecule has 0 bridgehead atoms. The third kappa shape index (κ3) is 6.55. The van der Waals surface area contributed by atoms with Gasteiger partial charge in [0, 0.05) is 18.8 Å². The maximum Gasteiger partial charge on any atom is 0.243 e. The van der Waals surface area contributed by atoms with Gasteiger partial charge >= 0.3 is 0 Å². The Labute approximate surface area is 164 Å². The summed E-state index contributed by atoms with van der Waals surface area (Å²) in [4.78, 5) is 15.5. The first-order valence-corrected chi connectivity index (χ1v) is 10.0. The van der Waals surface area contributed by atoms with Gasteiger partial charge < -0.3 is 15.5 Å². The van der Waals surface area contributed by atoms with E-state index in [-0.39, 0.29) is 17.4 Å². The maximum absolute atomic E-state index is 13.1. The highest BCUT2D eigenvalue weighted by Crippen LogP contribution is 2.26. The third-order valence-corrected chi connectivity index (χ3v) is 5.07. The first kappa shape index (κ1) is 21.2. The monoisotopic (exact) mass is 370 g/mol. The molecule has 1 amide bonds. The van der Waals surface area contributed by atoms with Crippen LogP contribution in [0.5, 0.6) is 0 Å². The van der Waals surface area contributed by atoms with Crippen molar-refractivity contribution in [1.82, 2.24) is 10.2 Å². The summed E-state index contributed by atoms with van der Waals surface area (Å²) in [5, 5.41) is 16.3. The lowest BCUT2D eigenvalue weighted by atomic mass is 9.85. The largest absolute Gasteiger partial charge is 0.374 e. The fourth-order valence-corrected chi connectivity index (χ4v) is 3.62. The number of nitrogens with one attached hydrogen (secondary N) is 2. The molecule has 1 unspecified atom stereocenters. The van der Waals surface area contributed by atoms with E-state index in [0.29, 0.717) is 19.3 Å². The van der Waals surface area contributed by atoms with Crippen LogP contribution >= 0.6 is 0 Å². The summed E-state index contributed by atoms with van der Waals surface area (Å²) in [6.07, 6.45) is 3.17. The number of likely N-dealkylation sites (tertiary alicyclic amines) is 1. The summed E-state index contributed by atoms with van der Waals surface area (Å²) in [6.45, 7) is 11.3. The fourth-order valence-electron chi connectivity index (χ4n) is 3.62. The highest BCUT2D eigenvalue weighted by molar-refractivity contribution is 5.85. The lowest BCUT2D eigenvalue weighted by molar-refractivity contribution is -0.124. The SMILES string of the molecule is CCCN1CCC(C#N)(NC(=O)C(CC(C)(C)C)Nc2ccccc2)CC1. The Morgan fingerprint density at radius 3 is 2.41 bits per heavy atom.